The van der Waals surface area contributed by atoms with Crippen molar-refractivity contribution in [1.29, 1.82) is 0 Å². The summed E-state index contributed by atoms with van der Waals surface area (Å²) in [4.78, 5) is 42.5. The number of aromatic amines is 2. The predicted octanol–water partition coefficient (Wildman–Crippen LogP) is 5.65. The van der Waals surface area contributed by atoms with Crippen molar-refractivity contribution in [2.75, 3.05) is 20.2 Å². The number of carbonyl (C=O) groups excluding carboxylic acids is 2. The number of ether oxygens (including phenoxy) is 2. The zero-order chi connectivity index (χ0) is 31.5. The Morgan fingerprint density at radius 1 is 1.09 bits per heavy atom. The van der Waals surface area contributed by atoms with E-state index in [1.54, 1.807) is 4.90 Å². The Labute approximate surface area is 261 Å². The number of H-pyrrole nitrogens is 2. The Balaban J connectivity index is 1.26. The molecule has 3 heterocycles. The average molecular weight is 610 g/mol. The molecule has 11 nitrogen and oxygen atoms in total. The second-order valence-electron chi connectivity index (χ2n) is 11.4. The standard InChI is InChI=1S/C34H39N7O4/c1-5-11-35-16-30-36-15-28(39-30)22-7-9-24-23(12-22)19-45-29-14-25-21(13-26(24)29)8-10-27-33(25)40-31(38-27)18-41(20(3)6-2)32(42)17-37-34(43)44-4/h7-10,12-15,20,35H,5-6,11,16-19H2,1-4H3,(H,36,39)(H,37,43)(H,38,40)/t20-/m0/s1. The molecule has 4 N–H and O–H groups in total. The molecular formula is C34H39N7O4. The number of benzene rings is 3. The van der Waals surface area contributed by atoms with Gasteiger partial charge in [-0.3, -0.25) is 4.79 Å². The lowest BCUT2D eigenvalue weighted by atomic mass is 9.92. The van der Waals surface area contributed by atoms with E-state index in [0.717, 1.165) is 87.3 Å². The molecule has 2 aromatic heterocycles. The molecule has 0 unspecified atom stereocenters. The lowest BCUT2D eigenvalue weighted by molar-refractivity contribution is -0.133. The minimum Gasteiger partial charge on any atom is -0.488 e. The number of nitrogens with zero attached hydrogens (tertiary/aromatic N) is 3. The smallest absolute Gasteiger partial charge is 0.407 e. The van der Waals surface area contributed by atoms with Crippen LogP contribution in [0.1, 0.15) is 50.8 Å². The maximum absolute atomic E-state index is 13.0. The van der Waals surface area contributed by atoms with Gasteiger partial charge in [0, 0.05) is 17.0 Å². The molecule has 0 aliphatic carbocycles. The molecule has 5 aromatic rings. The van der Waals surface area contributed by atoms with Gasteiger partial charge in [-0.05, 0) is 72.7 Å². The van der Waals surface area contributed by atoms with Gasteiger partial charge in [-0.15, -0.1) is 0 Å². The lowest BCUT2D eigenvalue weighted by Crippen LogP contribution is -2.44. The minimum absolute atomic E-state index is 0.0407. The van der Waals surface area contributed by atoms with Gasteiger partial charge >= 0.3 is 6.09 Å². The molecule has 234 valence electrons. The number of carbonyl (C=O) groups is 2. The molecule has 1 aliphatic heterocycles. The van der Waals surface area contributed by atoms with Gasteiger partial charge in [-0.1, -0.05) is 32.0 Å². The highest BCUT2D eigenvalue weighted by Gasteiger charge is 2.23. The molecule has 0 radical (unpaired) electrons. The fourth-order valence-electron chi connectivity index (χ4n) is 5.76. The Kier molecular flexibility index (Phi) is 8.70. The summed E-state index contributed by atoms with van der Waals surface area (Å²) in [5.74, 6) is 2.21. The Morgan fingerprint density at radius 3 is 2.76 bits per heavy atom. The van der Waals surface area contributed by atoms with Crippen molar-refractivity contribution < 1.29 is 19.1 Å². The Bertz CT molecular complexity index is 1860. The molecular weight excluding hydrogens is 570 g/mol. The lowest BCUT2D eigenvalue weighted by Gasteiger charge is -2.27. The number of hydrogen-bond acceptors (Lipinski definition) is 7. The quantitative estimate of drug-likeness (QED) is 0.142. The number of alkyl carbamates (subject to hydrolysis) is 1. The van der Waals surface area contributed by atoms with Crippen molar-refractivity contribution in [3.05, 3.63) is 65.9 Å². The summed E-state index contributed by atoms with van der Waals surface area (Å²) in [5.41, 5.74) is 7.10. The zero-order valence-corrected chi connectivity index (χ0v) is 26.1. The van der Waals surface area contributed by atoms with Crippen molar-refractivity contribution in [2.24, 2.45) is 0 Å². The van der Waals surface area contributed by atoms with Crippen LogP contribution in [-0.4, -0.2) is 63.1 Å². The van der Waals surface area contributed by atoms with Gasteiger partial charge in [-0.25, -0.2) is 14.8 Å². The van der Waals surface area contributed by atoms with E-state index in [9.17, 15) is 9.59 Å². The number of hydrogen-bond donors (Lipinski definition) is 4. The third-order valence-electron chi connectivity index (χ3n) is 8.39. The number of rotatable bonds is 11. The summed E-state index contributed by atoms with van der Waals surface area (Å²) in [6.45, 7) is 8.44. The number of aromatic nitrogens is 4. The summed E-state index contributed by atoms with van der Waals surface area (Å²) < 4.78 is 10.9. The van der Waals surface area contributed by atoms with Crippen LogP contribution in [0.3, 0.4) is 0 Å². The topological polar surface area (TPSA) is 137 Å². The number of fused-ring (bicyclic) bond motifs is 6. The van der Waals surface area contributed by atoms with Crippen LogP contribution in [0.15, 0.2) is 48.7 Å². The second kappa shape index (κ2) is 13.0. The molecule has 3 aromatic carbocycles. The molecule has 45 heavy (non-hydrogen) atoms. The van der Waals surface area contributed by atoms with Crippen molar-refractivity contribution >= 4 is 33.8 Å². The predicted molar refractivity (Wildman–Crippen MR) is 174 cm³/mol. The van der Waals surface area contributed by atoms with Gasteiger partial charge in [0.15, 0.2) is 0 Å². The maximum Gasteiger partial charge on any atom is 0.407 e. The molecule has 6 rings (SSSR count). The normalized spacial score (nSPS) is 12.8. The van der Waals surface area contributed by atoms with Crippen LogP contribution in [0.25, 0.3) is 44.2 Å². The number of imidazole rings is 2. The van der Waals surface area contributed by atoms with Crippen molar-refractivity contribution in [1.82, 2.24) is 35.5 Å². The van der Waals surface area contributed by atoms with E-state index in [2.05, 4.69) is 73.6 Å². The number of nitrogens with one attached hydrogen (secondary N) is 4. The molecule has 0 spiro atoms. The van der Waals surface area contributed by atoms with E-state index in [-0.39, 0.29) is 25.0 Å². The van der Waals surface area contributed by atoms with Gasteiger partial charge in [0.05, 0.1) is 43.1 Å². The van der Waals surface area contributed by atoms with Crippen LogP contribution in [0.4, 0.5) is 4.79 Å². The first kappa shape index (κ1) is 30.1. The Morgan fingerprint density at radius 2 is 1.96 bits per heavy atom. The first-order chi connectivity index (χ1) is 21.9. The number of methoxy groups -OCH3 is 1. The first-order valence-electron chi connectivity index (χ1n) is 15.5. The molecule has 0 saturated carbocycles. The van der Waals surface area contributed by atoms with E-state index in [0.29, 0.717) is 12.4 Å². The first-order valence-corrected chi connectivity index (χ1v) is 15.5. The van der Waals surface area contributed by atoms with E-state index >= 15 is 0 Å². The highest BCUT2D eigenvalue weighted by Crippen LogP contribution is 2.42. The SMILES string of the molecule is CCCNCc1ncc(-c2ccc3c(c2)COc2cc4c(ccc5nc(CN(C(=O)CNC(=O)OC)[C@@H](C)CC)[nH]c54)cc2-3)[nH]1. The summed E-state index contributed by atoms with van der Waals surface area (Å²) in [6, 6.07) is 14.7. The molecule has 11 heteroatoms. The van der Waals surface area contributed by atoms with Crippen molar-refractivity contribution in [3.63, 3.8) is 0 Å². The molecule has 1 aliphatic rings. The zero-order valence-electron chi connectivity index (χ0n) is 26.1. The molecule has 2 amide bonds. The third kappa shape index (κ3) is 6.21. The van der Waals surface area contributed by atoms with E-state index in [1.807, 2.05) is 26.1 Å². The van der Waals surface area contributed by atoms with Gasteiger partial charge in [0.2, 0.25) is 5.91 Å². The second-order valence-corrected chi connectivity index (χ2v) is 11.4. The highest BCUT2D eigenvalue weighted by molar-refractivity contribution is 6.07. The summed E-state index contributed by atoms with van der Waals surface area (Å²) >= 11 is 0. The van der Waals surface area contributed by atoms with Gasteiger partial charge < -0.3 is 35.0 Å². The van der Waals surface area contributed by atoms with E-state index < -0.39 is 6.09 Å². The van der Waals surface area contributed by atoms with Crippen molar-refractivity contribution in [3.8, 4) is 28.1 Å². The van der Waals surface area contributed by atoms with Crippen LogP contribution in [0.2, 0.25) is 0 Å². The third-order valence-corrected chi connectivity index (χ3v) is 8.39. The molecule has 1 atom stereocenters. The number of amides is 2. The average Bonchev–Trinajstić information content (AvgIpc) is 3.72. The fourth-order valence-corrected chi connectivity index (χ4v) is 5.76. The summed E-state index contributed by atoms with van der Waals surface area (Å²) in [6.07, 6.45) is 3.09. The molecule has 0 saturated heterocycles. The van der Waals surface area contributed by atoms with Crippen LogP contribution < -0.4 is 15.4 Å². The fraction of sp³-hybridized carbons (Fsp3) is 0.353. The monoisotopic (exact) mass is 609 g/mol. The summed E-state index contributed by atoms with van der Waals surface area (Å²) in [5, 5.41) is 7.92. The maximum atomic E-state index is 13.0. The van der Waals surface area contributed by atoms with Crippen LogP contribution in [-0.2, 0) is 29.2 Å². The summed E-state index contributed by atoms with van der Waals surface area (Å²) in [7, 11) is 1.27. The van der Waals surface area contributed by atoms with Crippen LogP contribution in [0.5, 0.6) is 5.75 Å². The van der Waals surface area contributed by atoms with E-state index in [4.69, 9.17) is 9.72 Å². The van der Waals surface area contributed by atoms with Gasteiger partial charge in [-0.2, -0.15) is 0 Å². The molecule has 0 bridgehead atoms. The molecule has 0 fully saturated rings. The van der Waals surface area contributed by atoms with Gasteiger partial charge in [0.25, 0.3) is 0 Å². The van der Waals surface area contributed by atoms with Crippen molar-refractivity contribution in [2.45, 2.75) is 59.4 Å². The minimum atomic E-state index is -0.640. The van der Waals surface area contributed by atoms with Gasteiger partial charge in [0.1, 0.15) is 30.5 Å². The van der Waals surface area contributed by atoms with E-state index in [1.165, 1.54) is 7.11 Å². The van der Waals surface area contributed by atoms with Crippen LogP contribution in [0, 0.1) is 0 Å². The highest BCUT2D eigenvalue weighted by atomic mass is 16.5. The Hall–Kier alpha value is -4.90. The van der Waals surface area contributed by atoms with Crippen LogP contribution >= 0.6 is 0 Å². The largest absolute Gasteiger partial charge is 0.488 e.